The van der Waals surface area contributed by atoms with Gasteiger partial charge in [0, 0.05) is 20.4 Å². The van der Waals surface area contributed by atoms with E-state index in [1.807, 2.05) is 22.6 Å². The maximum Gasteiger partial charge on any atom is 0.435 e. The molecule has 0 fully saturated rings. The lowest BCUT2D eigenvalue weighted by atomic mass is 9.92. The molecule has 0 aliphatic carbocycles. The number of carbonyl (C=O) groups is 1. The number of halogens is 8. The summed E-state index contributed by atoms with van der Waals surface area (Å²) in [4.78, 5) is 11.3. The van der Waals surface area contributed by atoms with Crippen LogP contribution in [0.25, 0.3) is 0 Å². The topological polar surface area (TPSA) is 38.3 Å². The van der Waals surface area contributed by atoms with E-state index >= 15 is 0 Å². The molecule has 1 aliphatic heterocycles. The minimum absolute atomic E-state index is 0.0614. The van der Waals surface area contributed by atoms with Crippen molar-refractivity contribution < 1.29 is 40.3 Å². The maximum absolute atomic E-state index is 14.3. The van der Waals surface area contributed by atoms with Gasteiger partial charge < -0.3 is 14.8 Å². The number of benzene rings is 2. The summed E-state index contributed by atoms with van der Waals surface area (Å²) < 4.78 is 98.5. The van der Waals surface area contributed by atoms with Crippen LogP contribution in [0.15, 0.2) is 36.4 Å². The number of aldehydes is 1. The molecule has 3 rings (SSSR count). The molecule has 1 aliphatic rings. The standard InChI is InChI=1S/C19H13F7INO2/c1-9-7-10(17(20,18(21,22)23)19(24,25)26)5-6-13(9)28-16-15-11(14(8-29)30-16)3-2-4-12(15)27/h2-8,14,16,28H,1H3. The second kappa shape index (κ2) is 7.66. The van der Waals surface area contributed by atoms with Crippen molar-refractivity contribution in [1.29, 1.82) is 0 Å². The Morgan fingerprint density at radius 2 is 1.67 bits per heavy atom. The summed E-state index contributed by atoms with van der Waals surface area (Å²) in [6.45, 7) is 1.24. The number of fused-ring (bicyclic) bond motifs is 1. The van der Waals surface area contributed by atoms with Gasteiger partial charge in [-0.05, 0) is 52.8 Å². The molecule has 30 heavy (non-hydrogen) atoms. The van der Waals surface area contributed by atoms with E-state index in [2.05, 4.69) is 5.32 Å². The molecule has 2 aromatic carbocycles. The first-order valence-electron chi connectivity index (χ1n) is 8.40. The lowest BCUT2D eigenvalue weighted by molar-refractivity contribution is -0.348. The Balaban J connectivity index is 1.98. The van der Waals surface area contributed by atoms with Gasteiger partial charge in [0.1, 0.15) is 6.10 Å². The minimum Gasteiger partial charge on any atom is -0.356 e. The SMILES string of the molecule is Cc1cc(C(F)(C(F)(F)F)C(F)(F)F)ccc1NC1OC(C=O)c2cccc(I)c21. The third-order valence-electron chi connectivity index (χ3n) is 4.75. The molecule has 2 aromatic rings. The third-order valence-corrected chi connectivity index (χ3v) is 5.69. The van der Waals surface area contributed by atoms with Crippen LogP contribution < -0.4 is 5.32 Å². The van der Waals surface area contributed by atoms with Crippen molar-refractivity contribution in [3.63, 3.8) is 0 Å². The summed E-state index contributed by atoms with van der Waals surface area (Å²) in [5.74, 6) is 0. The van der Waals surface area contributed by atoms with E-state index in [1.165, 1.54) is 6.92 Å². The van der Waals surface area contributed by atoms with Gasteiger partial charge in [-0.1, -0.05) is 24.3 Å². The average Bonchev–Trinajstić information content (AvgIpc) is 2.99. The summed E-state index contributed by atoms with van der Waals surface area (Å²) in [7, 11) is 0. The van der Waals surface area contributed by atoms with E-state index in [0.717, 1.165) is 9.64 Å². The molecule has 0 saturated heterocycles. The number of carbonyl (C=O) groups excluding carboxylic acids is 1. The molecular weight excluding hydrogens is 534 g/mol. The molecule has 162 valence electrons. The number of aryl methyl sites for hydroxylation is 1. The zero-order valence-electron chi connectivity index (χ0n) is 15.0. The van der Waals surface area contributed by atoms with Gasteiger partial charge in [-0.3, -0.25) is 0 Å². The Labute approximate surface area is 179 Å². The zero-order chi connectivity index (χ0) is 22.5. The van der Waals surface area contributed by atoms with Gasteiger partial charge in [-0.2, -0.15) is 26.3 Å². The van der Waals surface area contributed by atoms with Crippen LogP contribution in [0, 0.1) is 10.5 Å². The lowest BCUT2D eigenvalue weighted by Crippen LogP contribution is -2.50. The van der Waals surface area contributed by atoms with Crippen molar-refractivity contribution in [2.24, 2.45) is 0 Å². The third kappa shape index (κ3) is 3.66. The van der Waals surface area contributed by atoms with Gasteiger partial charge in [0.15, 0.2) is 12.5 Å². The highest BCUT2D eigenvalue weighted by molar-refractivity contribution is 14.1. The molecule has 1 heterocycles. The Hall–Kier alpha value is -1.89. The number of hydrogen-bond acceptors (Lipinski definition) is 3. The smallest absolute Gasteiger partial charge is 0.356 e. The Morgan fingerprint density at radius 1 is 1.03 bits per heavy atom. The molecule has 11 heteroatoms. The molecule has 2 unspecified atom stereocenters. The van der Waals surface area contributed by atoms with Crippen molar-refractivity contribution in [3.8, 4) is 0 Å². The number of hydrogen-bond donors (Lipinski definition) is 1. The second-order valence-corrected chi connectivity index (χ2v) is 7.81. The number of anilines is 1. The Morgan fingerprint density at radius 3 is 2.20 bits per heavy atom. The van der Waals surface area contributed by atoms with Gasteiger partial charge in [-0.25, -0.2) is 4.39 Å². The summed E-state index contributed by atoms with van der Waals surface area (Å²) >= 11 is 2.02. The number of alkyl halides is 7. The highest BCUT2D eigenvalue weighted by Gasteiger charge is 2.73. The zero-order valence-corrected chi connectivity index (χ0v) is 17.2. The average molecular weight is 547 g/mol. The fourth-order valence-corrected chi connectivity index (χ4v) is 4.05. The van der Waals surface area contributed by atoms with E-state index in [1.54, 1.807) is 18.2 Å². The summed E-state index contributed by atoms with van der Waals surface area (Å²) in [5, 5.41) is 2.86. The van der Waals surface area contributed by atoms with Gasteiger partial charge in [0.25, 0.3) is 0 Å². The molecule has 1 N–H and O–H groups in total. The normalized spacial score (nSPS) is 19.5. The van der Waals surface area contributed by atoms with Crippen molar-refractivity contribution in [2.45, 2.75) is 37.3 Å². The molecule has 0 saturated carbocycles. The van der Waals surface area contributed by atoms with Gasteiger partial charge in [-0.15, -0.1) is 0 Å². The highest BCUT2D eigenvalue weighted by Crippen LogP contribution is 2.53. The fraction of sp³-hybridized carbons (Fsp3) is 0.316. The van der Waals surface area contributed by atoms with Crippen LogP contribution in [0.2, 0.25) is 0 Å². The molecular formula is C19H13F7INO2. The van der Waals surface area contributed by atoms with Crippen LogP contribution in [0.4, 0.5) is 36.4 Å². The van der Waals surface area contributed by atoms with Crippen molar-refractivity contribution in [2.75, 3.05) is 5.32 Å². The van der Waals surface area contributed by atoms with Crippen molar-refractivity contribution >= 4 is 34.6 Å². The Bertz CT molecular complexity index is 960. The molecule has 0 bridgehead atoms. The molecule has 0 radical (unpaired) electrons. The highest BCUT2D eigenvalue weighted by atomic mass is 127. The lowest BCUT2D eigenvalue weighted by Gasteiger charge is -2.31. The molecule has 0 aromatic heterocycles. The molecule has 0 spiro atoms. The van der Waals surface area contributed by atoms with E-state index in [9.17, 15) is 35.5 Å². The van der Waals surface area contributed by atoms with Crippen LogP contribution in [0.1, 0.15) is 34.6 Å². The summed E-state index contributed by atoms with van der Waals surface area (Å²) in [6.07, 6.45) is -13.5. The largest absolute Gasteiger partial charge is 0.435 e. The monoisotopic (exact) mass is 547 g/mol. The first kappa shape index (κ1) is 22.8. The van der Waals surface area contributed by atoms with Crippen LogP contribution >= 0.6 is 22.6 Å². The summed E-state index contributed by atoms with van der Waals surface area (Å²) in [5.41, 5.74) is -5.78. The molecule has 2 atom stereocenters. The number of rotatable bonds is 4. The molecule has 0 amide bonds. The second-order valence-electron chi connectivity index (χ2n) is 6.64. The van der Waals surface area contributed by atoms with E-state index in [0.29, 0.717) is 29.5 Å². The van der Waals surface area contributed by atoms with Gasteiger partial charge in [0.2, 0.25) is 0 Å². The molecule has 3 nitrogen and oxygen atoms in total. The summed E-state index contributed by atoms with van der Waals surface area (Å²) in [6, 6.07) is 7.00. The van der Waals surface area contributed by atoms with E-state index in [4.69, 9.17) is 4.74 Å². The number of nitrogens with one attached hydrogen (secondary N) is 1. The Kier molecular flexibility index (Phi) is 5.82. The van der Waals surface area contributed by atoms with Crippen LogP contribution in [0.3, 0.4) is 0 Å². The van der Waals surface area contributed by atoms with Crippen LogP contribution in [-0.2, 0) is 15.2 Å². The van der Waals surface area contributed by atoms with Gasteiger partial charge in [0.05, 0.1) is 0 Å². The predicted molar refractivity (Wildman–Crippen MR) is 101 cm³/mol. The minimum atomic E-state index is -6.19. The van der Waals surface area contributed by atoms with Crippen molar-refractivity contribution in [1.82, 2.24) is 0 Å². The predicted octanol–water partition coefficient (Wildman–Crippen LogP) is 6.27. The van der Waals surface area contributed by atoms with E-state index in [-0.39, 0.29) is 11.3 Å². The van der Waals surface area contributed by atoms with Crippen molar-refractivity contribution in [3.05, 3.63) is 62.2 Å². The first-order chi connectivity index (χ1) is 13.8. The first-order valence-corrected chi connectivity index (χ1v) is 9.48. The number of ether oxygens (including phenoxy) is 1. The quantitative estimate of drug-likeness (QED) is 0.279. The van der Waals surface area contributed by atoms with E-state index < -0.39 is 35.9 Å². The van der Waals surface area contributed by atoms with Gasteiger partial charge >= 0.3 is 18.0 Å². The van der Waals surface area contributed by atoms with Crippen LogP contribution in [-0.4, -0.2) is 18.6 Å². The fourth-order valence-electron chi connectivity index (χ4n) is 3.25. The maximum atomic E-state index is 14.3. The van der Waals surface area contributed by atoms with Crippen LogP contribution in [0.5, 0.6) is 0 Å².